The molecule has 0 bridgehead atoms. The number of benzene rings is 2. The first kappa shape index (κ1) is 22.5. The number of carboxylic acid groups (broad SMARTS) is 1. The number of aryl methyl sites for hydroxylation is 2. The van der Waals surface area contributed by atoms with E-state index in [0.29, 0.717) is 18.5 Å². The Hall–Kier alpha value is -3.93. The van der Waals surface area contributed by atoms with Gasteiger partial charge in [0.15, 0.2) is 0 Å². The molecule has 2 aliphatic rings. The molecule has 1 saturated carbocycles. The molecule has 6 nitrogen and oxygen atoms in total. The molecule has 0 saturated heterocycles. The minimum Gasteiger partial charge on any atom is -0.481 e. The van der Waals surface area contributed by atoms with Crippen molar-refractivity contribution in [3.63, 3.8) is 0 Å². The van der Waals surface area contributed by atoms with Crippen molar-refractivity contribution in [3.05, 3.63) is 76.6 Å². The third kappa shape index (κ3) is 3.77. The monoisotopic (exact) mass is 479 g/mol. The molecule has 6 heteroatoms. The van der Waals surface area contributed by atoms with Crippen molar-refractivity contribution in [2.75, 3.05) is 0 Å². The number of hydrogen-bond acceptors (Lipinski definition) is 3. The standard InChI is InChI=1S/C30H29N3O3/c1-16-8-21(7-6-20(16)12-27(34)35)26-14-32-29-25(26)11-23(13-31-29)22-9-17(2)28-24(10-22)15-33(30(28)36)18(3)19-4-5-19/h6-11,13-14,18-19H,4-5,12,15H2,1-3H3,(H,31,32)(H,34,35)/t18-/m0/s1. The molecule has 6 rings (SSSR count). The van der Waals surface area contributed by atoms with Crippen LogP contribution in [-0.2, 0) is 17.8 Å². The summed E-state index contributed by atoms with van der Waals surface area (Å²) in [5.41, 5.74) is 9.67. The molecule has 36 heavy (non-hydrogen) atoms. The number of fused-ring (bicyclic) bond motifs is 2. The minimum atomic E-state index is -0.830. The van der Waals surface area contributed by atoms with Gasteiger partial charge in [-0.3, -0.25) is 9.59 Å². The number of aliphatic carboxylic acids is 1. The number of pyridine rings is 1. The molecule has 1 fully saturated rings. The van der Waals surface area contributed by atoms with Gasteiger partial charge in [-0.05, 0) is 85.0 Å². The fraction of sp³-hybridized carbons (Fsp3) is 0.300. The van der Waals surface area contributed by atoms with Gasteiger partial charge in [0.2, 0.25) is 0 Å². The first-order chi connectivity index (χ1) is 17.3. The van der Waals surface area contributed by atoms with E-state index in [4.69, 9.17) is 5.11 Å². The topological polar surface area (TPSA) is 86.3 Å². The maximum Gasteiger partial charge on any atom is 0.307 e. The van der Waals surface area contributed by atoms with E-state index in [1.165, 1.54) is 12.8 Å². The van der Waals surface area contributed by atoms with Gasteiger partial charge in [-0.2, -0.15) is 0 Å². The maximum atomic E-state index is 13.2. The second-order valence-corrected chi connectivity index (χ2v) is 10.4. The third-order valence-electron chi connectivity index (χ3n) is 7.89. The van der Waals surface area contributed by atoms with Crippen LogP contribution in [-0.4, -0.2) is 37.9 Å². The van der Waals surface area contributed by atoms with Crippen molar-refractivity contribution in [2.45, 2.75) is 52.6 Å². The Balaban J connectivity index is 1.37. The number of aromatic amines is 1. The Kier molecular flexibility index (Phi) is 5.21. The highest BCUT2D eigenvalue weighted by molar-refractivity contribution is 6.01. The molecule has 0 unspecified atom stereocenters. The van der Waals surface area contributed by atoms with E-state index < -0.39 is 5.97 Å². The van der Waals surface area contributed by atoms with E-state index in [1.54, 1.807) is 0 Å². The Morgan fingerprint density at radius 3 is 2.61 bits per heavy atom. The predicted octanol–water partition coefficient (Wildman–Crippen LogP) is 5.90. The summed E-state index contributed by atoms with van der Waals surface area (Å²) in [6.07, 6.45) is 6.29. The maximum absolute atomic E-state index is 13.2. The lowest BCUT2D eigenvalue weighted by atomic mass is 9.95. The average molecular weight is 480 g/mol. The van der Waals surface area contributed by atoms with Crippen LogP contribution < -0.4 is 0 Å². The number of hydrogen-bond donors (Lipinski definition) is 2. The van der Waals surface area contributed by atoms with Crippen LogP contribution in [0.1, 0.15) is 52.4 Å². The van der Waals surface area contributed by atoms with Crippen molar-refractivity contribution in [1.29, 1.82) is 0 Å². The van der Waals surface area contributed by atoms with E-state index in [2.05, 4.69) is 35.1 Å². The second-order valence-electron chi connectivity index (χ2n) is 10.4. The number of nitrogens with zero attached hydrogens (tertiary/aromatic N) is 2. The van der Waals surface area contributed by atoms with E-state index in [0.717, 1.165) is 61.1 Å². The van der Waals surface area contributed by atoms with Crippen LogP contribution >= 0.6 is 0 Å². The summed E-state index contributed by atoms with van der Waals surface area (Å²) in [4.78, 5) is 34.3. The Bertz CT molecular complexity index is 1550. The number of carbonyl (C=O) groups is 2. The number of carboxylic acids is 1. The normalized spacial score (nSPS) is 16.0. The zero-order valence-electron chi connectivity index (χ0n) is 20.8. The van der Waals surface area contributed by atoms with Crippen LogP contribution in [0.2, 0.25) is 0 Å². The minimum absolute atomic E-state index is 0.0166. The van der Waals surface area contributed by atoms with Crippen LogP contribution in [0, 0.1) is 19.8 Å². The summed E-state index contributed by atoms with van der Waals surface area (Å²) in [7, 11) is 0. The molecule has 2 N–H and O–H groups in total. The highest BCUT2D eigenvalue weighted by Crippen LogP contribution is 2.40. The molecule has 1 aliphatic heterocycles. The molecule has 4 aromatic rings. The second kappa shape index (κ2) is 8.33. The summed E-state index contributed by atoms with van der Waals surface area (Å²) >= 11 is 0. The molecule has 0 spiro atoms. The molecule has 1 aliphatic carbocycles. The van der Waals surface area contributed by atoms with Crippen molar-refractivity contribution in [3.8, 4) is 22.3 Å². The average Bonchev–Trinajstić information content (AvgIpc) is 3.52. The first-order valence-corrected chi connectivity index (χ1v) is 12.5. The molecule has 182 valence electrons. The van der Waals surface area contributed by atoms with E-state index in [9.17, 15) is 9.59 Å². The molecular formula is C30H29N3O3. The Morgan fingerprint density at radius 2 is 1.89 bits per heavy atom. The van der Waals surface area contributed by atoms with Crippen LogP contribution in [0.5, 0.6) is 0 Å². The molecule has 0 radical (unpaired) electrons. The van der Waals surface area contributed by atoms with E-state index in [-0.39, 0.29) is 12.3 Å². The summed E-state index contributed by atoms with van der Waals surface area (Å²) < 4.78 is 0. The fourth-order valence-corrected chi connectivity index (χ4v) is 5.64. The number of rotatable bonds is 6. The largest absolute Gasteiger partial charge is 0.481 e. The van der Waals surface area contributed by atoms with Gasteiger partial charge in [0, 0.05) is 47.1 Å². The highest BCUT2D eigenvalue weighted by atomic mass is 16.4. The molecule has 3 heterocycles. The lowest BCUT2D eigenvalue weighted by Gasteiger charge is -2.24. The lowest BCUT2D eigenvalue weighted by Crippen LogP contribution is -2.34. The van der Waals surface area contributed by atoms with Crippen LogP contribution in [0.25, 0.3) is 33.3 Å². The van der Waals surface area contributed by atoms with Crippen molar-refractivity contribution in [2.24, 2.45) is 5.92 Å². The number of H-pyrrole nitrogens is 1. The van der Waals surface area contributed by atoms with E-state index in [1.807, 2.05) is 49.3 Å². The lowest BCUT2D eigenvalue weighted by molar-refractivity contribution is -0.136. The van der Waals surface area contributed by atoms with Gasteiger partial charge >= 0.3 is 5.97 Å². The van der Waals surface area contributed by atoms with E-state index >= 15 is 0 Å². The summed E-state index contributed by atoms with van der Waals surface area (Å²) in [5, 5.41) is 10.2. The number of aromatic nitrogens is 2. The highest BCUT2D eigenvalue weighted by Gasteiger charge is 2.39. The van der Waals surface area contributed by atoms with Gasteiger partial charge in [-0.25, -0.2) is 4.98 Å². The number of nitrogens with one attached hydrogen (secondary N) is 1. The molecule has 1 atom stereocenters. The van der Waals surface area contributed by atoms with Crippen LogP contribution in [0.4, 0.5) is 0 Å². The zero-order valence-corrected chi connectivity index (χ0v) is 20.8. The van der Waals surface area contributed by atoms with Gasteiger partial charge in [0.05, 0.1) is 6.42 Å². The molecule has 1 amide bonds. The van der Waals surface area contributed by atoms with Gasteiger partial charge in [-0.15, -0.1) is 0 Å². The fourth-order valence-electron chi connectivity index (χ4n) is 5.64. The summed E-state index contributed by atoms with van der Waals surface area (Å²) in [5.74, 6) is -0.0246. The molecule has 2 aromatic carbocycles. The smallest absolute Gasteiger partial charge is 0.307 e. The molecular weight excluding hydrogens is 450 g/mol. The Morgan fingerprint density at radius 1 is 1.11 bits per heavy atom. The number of amides is 1. The molecule has 2 aromatic heterocycles. The van der Waals surface area contributed by atoms with Gasteiger partial charge < -0.3 is 15.0 Å². The van der Waals surface area contributed by atoms with Gasteiger partial charge in [-0.1, -0.05) is 24.3 Å². The van der Waals surface area contributed by atoms with Crippen molar-refractivity contribution >= 4 is 22.9 Å². The zero-order chi connectivity index (χ0) is 25.1. The van der Waals surface area contributed by atoms with Crippen LogP contribution in [0.3, 0.4) is 0 Å². The first-order valence-electron chi connectivity index (χ1n) is 12.5. The quantitative estimate of drug-likeness (QED) is 0.361. The van der Waals surface area contributed by atoms with Crippen molar-refractivity contribution < 1.29 is 14.7 Å². The predicted molar refractivity (Wildman–Crippen MR) is 140 cm³/mol. The van der Waals surface area contributed by atoms with Crippen molar-refractivity contribution in [1.82, 2.24) is 14.9 Å². The van der Waals surface area contributed by atoms with Gasteiger partial charge in [0.25, 0.3) is 5.91 Å². The Labute approximate surface area is 210 Å². The third-order valence-corrected chi connectivity index (χ3v) is 7.89. The summed E-state index contributed by atoms with van der Waals surface area (Å²) in [6, 6.07) is 12.6. The SMILES string of the molecule is Cc1cc(-c2c[nH]c3ncc(-c4cc(C)c5c(c4)CN([C@@H](C)C4CC4)C5=O)cc23)ccc1CC(=O)O. The number of carbonyl (C=O) groups excluding carboxylic acids is 1. The summed E-state index contributed by atoms with van der Waals surface area (Å²) in [6.45, 7) is 6.83. The van der Waals surface area contributed by atoms with Crippen LogP contribution in [0.15, 0.2) is 48.8 Å². The van der Waals surface area contributed by atoms with Gasteiger partial charge in [0.1, 0.15) is 5.65 Å².